The zero-order chi connectivity index (χ0) is 13.3. The van der Waals surface area contributed by atoms with Gasteiger partial charge in [-0.25, -0.2) is 12.8 Å². The molecule has 1 atom stereocenters. The SMILES string of the molecule is CC(F)c1cc2c(cc1CS(=O)(=O)Cl)OCCO2. The highest BCUT2D eigenvalue weighted by molar-refractivity contribution is 8.13. The molecule has 0 saturated carbocycles. The predicted octanol–water partition coefficient (Wildman–Crippen LogP) is 2.56. The molecule has 1 heterocycles. The van der Waals surface area contributed by atoms with E-state index in [-0.39, 0.29) is 5.56 Å². The molecule has 0 aliphatic carbocycles. The van der Waals surface area contributed by atoms with E-state index in [4.69, 9.17) is 20.2 Å². The first kappa shape index (κ1) is 13.4. The summed E-state index contributed by atoms with van der Waals surface area (Å²) in [5, 5.41) is 0. The number of ether oxygens (including phenoxy) is 2. The van der Waals surface area contributed by atoms with Crippen LogP contribution in [0.4, 0.5) is 4.39 Å². The molecule has 0 radical (unpaired) electrons. The van der Waals surface area contributed by atoms with Crippen LogP contribution < -0.4 is 9.47 Å². The lowest BCUT2D eigenvalue weighted by Crippen LogP contribution is -2.16. The largest absolute Gasteiger partial charge is 0.486 e. The van der Waals surface area contributed by atoms with Gasteiger partial charge in [0.1, 0.15) is 19.4 Å². The van der Waals surface area contributed by atoms with Crippen molar-refractivity contribution in [3.63, 3.8) is 0 Å². The molecule has 0 amide bonds. The zero-order valence-electron chi connectivity index (χ0n) is 9.65. The van der Waals surface area contributed by atoms with Gasteiger partial charge in [0.2, 0.25) is 9.05 Å². The smallest absolute Gasteiger partial charge is 0.236 e. The molecule has 0 N–H and O–H groups in total. The Morgan fingerprint density at radius 2 is 1.89 bits per heavy atom. The zero-order valence-corrected chi connectivity index (χ0v) is 11.2. The summed E-state index contributed by atoms with van der Waals surface area (Å²) in [6, 6.07) is 2.94. The number of halogens is 2. The number of fused-ring (bicyclic) bond motifs is 1. The molecule has 18 heavy (non-hydrogen) atoms. The third kappa shape index (κ3) is 3.05. The minimum absolute atomic E-state index is 0.253. The summed E-state index contributed by atoms with van der Waals surface area (Å²) >= 11 is 0. The molecule has 1 aliphatic heterocycles. The molecule has 1 aliphatic rings. The maximum atomic E-state index is 13.5. The number of hydrogen-bond donors (Lipinski definition) is 0. The Morgan fingerprint density at radius 1 is 1.33 bits per heavy atom. The summed E-state index contributed by atoms with van der Waals surface area (Å²) < 4.78 is 46.4. The van der Waals surface area contributed by atoms with Crippen molar-refractivity contribution >= 4 is 19.7 Å². The van der Waals surface area contributed by atoms with Gasteiger partial charge in [0.25, 0.3) is 0 Å². The second kappa shape index (κ2) is 4.93. The van der Waals surface area contributed by atoms with Crippen molar-refractivity contribution in [1.82, 2.24) is 0 Å². The van der Waals surface area contributed by atoms with Gasteiger partial charge in [-0.05, 0) is 30.2 Å². The van der Waals surface area contributed by atoms with Crippen molar-refractivity contribution in [3.8, 4) is 11.5 Å². The third-order valence-corrected chi connectivity index (χ3v) is 3.54. The maximum absolute atomic E-state index is 13.5. The number of benzene rings is 1. The van der Waals surface area contributed by atoms with Crippen LogP contribution in [-0.2, 0) is 14.8 Å². The lowest BCUT2D eigenvalue weighted by Gasteiger charge is -2.21. The first-order valence-electron chi connectivity index (χ1n) is 5.35. The van der Waals surface area contributed by atoms with E-state index in [1.165, 1.54) is 19.1 Å². The molecule has 0 bridgehead atoms. The highest BCUT2D eigenvalue weighted by Crippen LogP contribution is 2.37. The summed E-state index contributed by atoms with van der Waals surface area (Å²) in [6.45, 7) is 2.10. The quantitative estimate of drug-likeness (QED) is 0.804. The second-order valence-corrected chi connectivity index (χ2v) is 6.77. The summed E-state index contributed by atoms with van der Waals surface area (Å²) in [7, 11) is 1.45. The Labute approximate surface area is 109 Å². The van der Waals surface area contributed by atoms with E-state index in [1.54, 1.807) is 0 Å². The molecule has 100 valence electrons. The summed E-state index contributed by atoms with van der Waals surface area (Å²) in [4.78, 5) is 0. The van der Waals surface area contributed by atoms with Gasteiger partial charge >= 0.3 is 0 Å². The molecule has 1 aromatic rings. The van der Waals surface area contributed by atoms with Crippen LogP contribution in [0, 0.1) is 0 Å². The fourth-order valence-electron chi connectivity index (χ4n) is 1.83. The summed E-state index contributed by atoms with van der Waals surface area (Å²) in [5.41, 5.74) is 0.549. The molecule has 0 fully saturated rings. The van der Waals surface area contributed by atoms with Crippen LogP contribution in [-0.4, -0.2) is 21.6 Å². The minimum Gasteiger partial charge on any atom is -0.486 e. The van der Waals surface area contributed by atoms with E-state index in [1.807, 2.05) is 0 Å². The average Bonchev–Trinajstić information content (AvgIpc) is 2.25. The van der Waals surface area contributed by atoms with Gasteiger partial charge in [0, 0.05) is 10.7 Å². The lowest BCUT2D eigenvalue weighted by molar-refractivity contribution is 0.171. The molecule has 4 nitrogen and oxygen atoms in total. The third-order valence-electron chi connectivity index (χ3n) is 2.56. The second-order valence-electron chi connectivity index (χ2n) is 3.99. The Hall–Kier alpha value is -1.01. The van der Waals surface area contributed by atoms with E-state index in [0.717, 1.165) is 0 Å². The van der Waals surface area contributed by atoms with E-state index >= 15 is 0 Å². The van der Waals surface area contributed by atoms with Crippen LogP contribution in [0.3, 0.4) is 0 Å². The van der Waals surface area contributed by atoms with E-state index in [0.29, 0.717) is 30.3 Å². The standard InChI is InChI=1S/C11H12ClFO4S/c1-7(13)9-5-11-10(16-2-3-17-11)4-8(9)6-18(12,14)15/h4-5,7H,2-3,6H2,1H3. The molecule has 0 aromatic heterocycles. The molecule has 0 saturated heterocycles. The molecular formula is C11H12ClFO4S. The predicted molar refractivity (Wildman–Crippen MR) is 65.4 cm³/mol. The molecular weight excluding hydrogens is 283 g/mol. The van der Waals surface area contributed by atoms with Crippen molar-refractivity contribution in [1.29, 1.82) is 0 Å². The van der Waals surface area contributed by atoms with Crippen molar-refractivity contribution in [3.05, 3.63) is 23.3 Å². The summed E-state index contributed by atoms with van der Waals surface area (Å²) in [6.07, 6.45) is -1.31. The van der Waals surface area contributed by atoms with Crippen molar-refractivity contribution in [2.75, 3.05) is 13.2 Å². The van der Waals surface area contributed by atoms with Crippen LogP contribution in [0.15, 0.2) is 12.1 Å². The molecule has 2 rings (SSSR count). The van der Waals surface area contributed by atoms with Gasteiger partial charge in [-0.1, -0.05) is 0 Å². The highest BCUT2D eigenvalue weighted by Gasteiger charge is 2.21. The summed E-state index contributed by atoms with van der Waals surface area (Å²) in [5.74, 6) is 0.409. The van der Waals surface area contributed by atoms with Crippen molar-refractivity contribution in [2.45, 2.75) is 18.8 Å². The maximum Gasteiger partial charge on any atom is 0.236 e. The van der Waals surface area contributed by atoms with Crippen LogP contribution >= 0.6 is 10.7 Å². The van der Waals surface area contributed by atoms with E-state index in [9.17, 15) is 12.8 Å². The minimum atomic E-state index is -3.75. The van der Waals surface area contributed by atoms with E-state index < -0.39 is 21.0 Å². The molecule has 1 aromatic carbocycles. The van der Waals surface area contributed by atoms with Gasteiger partial charge in [-0.2, -0.15) is 0 Å². The number of rotatable bonds is 3. The first-order valence-corrected chi connectivity index (χ1v) is 7.83. The fraction of sp³-hybridized carbons (Fsp3) is 0.455. The Kier molecular flexibility index (Phi) is 3.68. The van der Waals surface area contributed by atoms with Crippen molar-refractivity contribution < 1.29 is 22.3 Å². The highest BCUT2D eigenvalue weighted by atomic mass is 35.7. The van der Waals surface area contributed by atoms with Gasteiger partial charge < -0.3 is 9.47 Å². The Morgan fingerprint density at radius 3 is 2.39 bits per heavy atom. The monoisotopic (exact) mass is 294 g/mol. The normalized spacial score (nSPS) is 16.4. The van der Waals surface area contributed by atoms with Crippen LogP contribution in [0.2, 0.25) is 0 Å². The van der Waals surface area contributed by atoms with E-state index in [2.05, 4.69) is 0 Å². The fourth-order valence-corrected chi connectivity index (χ4v) is 2.80. The van der Waals surface area contributed by atoms with Gasteiger partial charge in [-0.3, -0.25) is 0 Å². The lowest BCUT2D eigenvalue weighted by atomic mass is 10.0. The topological polar surface area (TPSA) is 52.6 Å². The number of alkyl halides is 1. The van der Waals surface area contributed by atoms with Crippen LogP contribution in [0.1, 0.15) is 24.2 Å². The Balaban J connectivity index is 2.49. The van der Waals surface area contributed by atoms with Gasteiger partial charge in [-0.15, -0.1) is 0 Å². The van der Waals surface area contributed by atoms with Gasteiger partial charge in [0.15, 0.2) is 11.5 Å². The van der Waals surface area contributed by atoms with Crippen LogP contribution in [0.5, 0.6) is 11.5 Å². The molecule has 7 heteroatoms. The number of hydrogen-bond acceptors (Lipinski definition) is 4. The first-order chi connectivity index (χ1) is 8.37. The Bertz CT molecular complexity index is 556. The average molecular weight is 295 g/mol. The van der Waals surface area contributed by atoms with Crippen LogP contribution in [0.25, 0.3) is 0 Å². The van der Waals surface area contributed by atoms with Crippen molar-refractivity contribution in [2.24, 2.45) is 0 Å². The molecule has 0 spiro atoms. The molecule has 1 unspecified atom stereocenters. The van der Waals surface area contributed by atoms with Gasteiger partial charge in [0.05, 0.1) is 5.75 Å².